The molecule has 0 saturated carbocycles. The number of ether oxygens (including phenoxy) is 5. The molecule has 0 radical (unpaired) electrons. The number of carbonyl (C=O) groups is 3. The van der Waals surface area contributed by atoms with Gasteiger partial charge in [-0.25, -0.2) is 9.59 Å². The van der Waals surface area contributed by atoms with Crippen LogP contribution in [0.1, 0.15) is 56.1 Å². The number of allylic oxidation sites excluding steroid dienone is 2. The fourth-order valence-electron chi connectivity index (χ4n) is 4.45. The molecule has 0 fully saturated rings. The third kappa shape index (κ3) is 14.7. The zero-order valence-electron chi connectivity index (χ0n) is 26.4. The molecule has 47 heavy (non-hydrogen) atoms. The van der Waals surface area contributed by atoms with E-state index in [1.807, 2.05) is 0 Å². The minimum atomic E-state index is -4.59. The van der Waals surface area contributed by atoms with Crippen LogP contribution in [-0.2, 0) is 40.7 Å². The molecule has 2 aliphatic rings. The summed E-state index contributed by atoms with van der Waals surface area (Å²) in [4.78, 5) is 35.7. The molecule has 1 aromatic carbocycles. The highest BCUT2D eigenvalue weighted by molar-refractivity contribution is 5.75. The maximum Gasteiger partial charge on any atom is 0.442 e. The smallest absolute Gasteiger partial charge is 0.442 e. The molecule has 1 heterocycles. The van der Waals surface area contributed by atoms with E-state index < -0.39 is 24.0 Å². The van der Waals surface area contributed by atoms with Crippen LogP contribution in [0.25, 0.3) is 0 Å². The van der Waals surface area contributed by atoms with Crippen LogP contribution in [0.15, 0.2) is 46.6 Å². The molecule has 1 unspecified atom stereocenters. The Morgan fingerprint density at radius 1 is 0.787 bits per heavy atom. The topological polar surface area (TPSA) is 158 Å². The van der Waals surface area contributed by atoms with Gasteiger partial charge in [0.1, 0.15) is 12.7 Å². The Kier molecular flexibility index (Phi) is 16.4. The van der Waals surface area contributed by atoms with Crippen molar-refractivity contribution in [2.75, 3.05) is 59.3 Å². The highest BCUT2D eigenvalue weighted by Crippen LogP contribution is 2.52. The van der Waals surface area contributed by atoms with Crippen LogP contribution in [0, 0.1) is 0 Å². The quantitative estimate of drug-likeness (QED) is 0.134. The Labute approximate surface area is 271 Å². The summed E-state index contributed by atoms with van der Waals surface area (Å²) in [6.07, 6.45) is 4.01. The number of halogens is 3. The number of hydrogen-bond donors (Lipinski definition) is 3. The van der Waals surface area contributed by atoms with Gasteiger partial charge >= 0.3 is 24.0 Å². The Balaban J connectivity index is 1.05. The molecule has 262 valence electrons. The first-order valence-electron chi connectivity index (χ1n) is 15.8. The van der Waals surface area contributed by atoms with E-state index in [1.54, 1.807) is 0 Å². The molecule has 0 bridgehead atoms. The molecule has 1 atom stereocenters. The third-order valence-corrected chi connectivity index (χ3v) is 7.10. The van der Waals surface area contributed by atoms with E-state index in [0.29, 0.717) is 44.9 Å². The molecule has 0 aromatic heterocycles. The van der Waals surface area contributed by atoms with Crippen LogP contribution in [-0.4, -0.2) is 89.7 Å². The van der Waals surface area contributed by atoms with Gasteiger partial charge in [0, 0.05) is 31.6 Å². The van der Waals surface area contributed by atoms with Gasteiger partial charge in [-0.05, 0) is 44.1 Å². The molecule has 3 amide bonds. The number of rotatable bonds is 20. The van der Waals surface area contributed by atoms with Crippen LogP contribution >= 0.6 is 0 Å². The number of alkyl carbamates (subject to hydrolysis) is 2. The Bertz CT molecular complexity index is 1160. The molecule has 16 heteroatoms. The summed E-state index contributed by atoms with van der Waals surface area (Å²) >= 11 is 0. The summed E-state index contributed by atoms with van der Waals surface area (Å²) < 4.78 is 65.7. The summed E-state index contributed by atoms with van der Waals surface area (Å²) in [6.45, 7) is 2.57. The molecular formula is C31H44F3N5O8. The predicted octanol–water partition coefficient (Wildman–Crippen LogP) is 4.66. The van der Waals surface area contributed by atoms with Gasteiger partial charge in [0.05, 0.1) is 39.6 Å². The second kappa shape index (κ2) is 20.5. The Morgan fingerprint density at radius 2 is 1.43 bits per heavy atom. The minimum absolute atomic E-state index is 0.00863. The van der Waals surface area contributed by atoms with Crippen molar-refractivity contribution >= 4 is 18.1 Å². The second-order valence-electron chi connectivity index (χ2n) is 10.8. The molecule has 0 saturated heterocycles. The van der Waals surface area contributed by atoms with Crippen LogP contribution in [0.2, 0.25) is 0 Å². The number of nitrogens with zero attached hydrogens (tertiary/aromatic N) is 2. The fourth-order valence-corrected chi connectivity index (χ4v) is 4.45. The summed E-state index contributed by atoms with van der Waals surface area (Å²) in [5, 5.41) is 14.3. The second-order valence-corrected chi connectivity index (χ2v) is 10.8. The van der Waals surface area contributed by atoms with E-state index >= 15 is 0 Å². The lowest BCUT2D eigenvalue weighted by molar-refractivity contribution is -0.166. The number of benzene rings is 1. The van der Waals surface area contributed by atoms with Crippen LogP contribution in [0.5, 0.6) is 0 Å². The predicted molar refractivity (Wildman–Crippen MR) is 162 cm³/mol. The van der Waals surface area contributed by atoms with Gasteiger partial charge in [-0.1, -0.05) is 36.4 Å². The van der Waals surface area contributed by atoms with E-state index in [0.717, 1.165) is 32.1 Å². The van der Waals surface area contributed by atoms with Crippen LogP contribution < -0.4 is 16.0 Å². The highest BCUT2D eigenvalue weighted by atomic mass is 19.4. The molecular weight excluding hydrogens is 627 g/mol. The summed E-state index contributed by atoms with van der Waals surface area (Å²) in [5.41, 5.74) is -1.97. The summed E-state index contributed by atoms with van der Waals surface area (Å²) in [6, 6.07) is 5.47. The highest BCUT2D eigenvalue weighted by Gasteiger charge is 2.65. The molecule has 13 nitrogen and oxygen atoms in total. The summed E-state index contributed by atoms with van der Waals surface area (Å²) in [7, 11) is 0. The lowest BCUT2D eigenvalue weighted by Gasteiger charge is -2.18. The van der Waals surface area contributed by atoms with Crippen molar-refractivity contribution in [2.24, 2.45) is 10.2 Å². The van der Waals surface area contributed by atoms with Crippen molar-refractivity contribution in [2.45, 2.75) is 69.4 Å². The zero-order valence-corrected chi connectivity index (χ0v) is 26.4. The third-order valence-electron chi connectivity index (χ3n) is 7.10. The monoisotopic (exact) mass is 671 g/mol. The minimum Gasteiger partial charge on any atom is -0.447 e. The molecule has 3 rings (SSSR count). The number of carbonyl (C=O) groups excluding carboxylic acids is 3. The van der Waals surface area contributed by atoms with Gasteiger partial charge in [-0.15, -0.1) is 10.2 Å². The molecule has 1 aromatic rings. The number of hydrogen-bond acceptors (Lipinski definition) is 10. The normalized spacial score (nSPS) is 17.6. The van der Waals surface area contributed by atoms with Crippen molar-refractivity contribution in [3.63, 3.8) is 0 Å². The Hall–Kier alpha value is -3.76. The maximum absolute atomic E-state index is 13.1. The SMILES string of the molecule is O=C(CCOCCOCCOCCOC(=O)NCc1ccc(C2(C(F)(F)F)N=N2)cc1)NCCCNC(=O)OC1CC/C=C\CCC1. The molecule has 1 aliphatic heterocycles. The fraction of sp³-hybridized carbons (Fsp3) is 0.645. The van der Waals surface area contributed by atoms with Gasteiger partial charge in [0.25, 0.3) is 0 Å². The van der Waals surface area contributed by atoms with E-state index in [2.05, 4.69) is 38.3 Å². The van der Waals surface area contributed by atoms with E-state index in [1.165, 1.54) is 24.3 Å². The van der Waals surface area contributed by atoms with Crippen molar-refractivity contribution in [3.05, 3.63) is 47.5 Å². The number of nitrogens with one attached hydrogen (secondary N) is 3. The standard InChI is InChI=1S/C31H44F3N5O8/c32-31(33,34)30(38-39-30)25-11-9-24(10-12-25)23-37-28(41)46-22-21-45-20-19-44-18-17-43-16-13-27(40)35-14-6-15-36-29(42)47-26-7-4-2-1-3-5-8-26/h1-2,9-12,26H,3-8,13-23H2,(H,35,40)(H,36,42)(H,37,41)/b2-1-. The van der Waals surface area contributed by atoms with Gasteiger partial charge in [0.2, 0.25) is 5.91 Å². The lowest BCUT2D eigenvalue weighted by atomic mass is 10.0. The zero-order chi connectivity index (χ0) is 33.8. The first-order chi connectivity index (χ1) is 22.7. The van der Waals surface area contributed by atoms with Crippen molar-refractivity contribution in [1.29, 1.82) is 0 Å². The van der Waals surface area contributed by atoms with Gasteiger partial charge in [-0.3, -0.25) is 4.79 Å². The van der Waals surface area contributed by atoms with Crippen LogP contribution in [0.3, 0.4) is 0 Å². The van der Waals surface area contributed by atoms with Crippen molar-refractivity contribution < 1.29 is 51.2 Å². The number of alkyl halides is 3. The first kappa shape index (κ1) is 37.7. The number of amides is 3. The van der Waals surface area contributed by atoms with E-state index in [-0.39, 0.29) is 57.0 Å². The molecule has 3 N–H and O–H groups in total. The largest absolute Gasteiger partial charge is 0.447 e. The molecule has 1 aliphatic carbocycles. The average Bonchev–Trinajstić information content (AvgIpc) is 3.85. The van der Waals surface area contributed by atoms with Crippen molar-refractivity contribution in [3.8, 4) is 0 Å². The summed E-state index contributed by atoms with van der Waals surface area (Å²) in [5.74, 6) is -0.140. The van der Waals surface area contributed by atoms with Gasteiger partial charge in [-0.2, -0.15) is 13.2 Å². The van der Waals surface area contributed by atoms with E-state index in [9.17, 15) is 27.6 Å². The molecule has 0 spiro atoms. The average molecular weight is 672 g/mol. The van der Waals surface area contributed by atoms with Crippen molar-refractivity contribution in [1.82, 2.24) is 16.0 Å². The Morgan fingerprint density at radius 3 is 2.11 bits per heavy atom. The van der Waals surface area contributed by atoms with Gasteiger partial charge in [0.15, 0.2) is 0 Å². The van der Waals surface area contributed by atoms with Gasteiger partial charge < -0.3 is 39.6 Å². The lowest BCUT2D eigenvalue weighted by Crippen LogP contribution is -2.32. The van der Waals surface area contributed by atoms with E-state index in [4.69, 9.17) is 23.7 Å². The maximum atomic E-state index is 13.1. The van der Waals surface area contributed by atoms with Crippen LogP contribution in [0.4, 0.5) is 22.8 Å². The first-order valence-corrected chi connectivity index (χ1v) is 15.8.